The largest absolute Gasteiger partial charge is 0.542 e. The third-order valence-electron chi connectivity index (χ3n) is 9.49. The van der Waals surface area contributed by atoms with Crippen molar-refractivity contribution >= 4 is 50.9 Å². The zero-order valence-electron chi connectivity index (χ0n) is 31.7. The highest BCUT2D eigenvalue weighted by Crippen LogP contribution is 2.31. The number of amides is 2. The van der Waals surface area contributed by atoms with Crippen molar-refractivity contribution in [1.29, 1.82) is 0 Å². The number of piperidine rings is 1. The van der Waals surface area contributed by atoms with Crippen LogP contribution in [0, 0.1) is 0 Å². The number of aliphatic hydroxyl groups excluding tert-OH is 1. The van der Waals surface area contributed by atoms with E-state index in [9.17, 15) is 37.8 Å². The number of H-pyrrole nitrogens is 1. The number of quaternary nitrogens is 1. The first-order valence-electron chi connectivity index (χ1n) is 18.4. The van der Waals surface area contributed by atoms with Crippen LogP contribution in [0.1, 0.15) is 41.4 Å². The lowest BCUT2D eigenvalue weighted by atomic mass is 9.99. The van der Waals surface area contributed by atoms with Crippen molar-refractivity contribution in [3.63, 3.8) is 0 Å². The van der Waals surface area contributed by atoms with E-state index < -0.39 is 24.3 Å². The SMILES string of the molecule is C[N+]1(C)CCC(OC(=O)Nc2cc(CCC(=O)Nc3ccc(CNC[C@H](O)c4ccc(O)c5[nH]c(=O)ccc45)s3)ccc2-c2ccccc2)CC1.O=C([O-])C(F)(F)F. The normalized spacial score (nSPS) is 14.5. The van der Waals surface area contributed by atoms with Crippen LogP contribution < -0.4 is 26.6 Å². The number of carboxylic acid groups (broad SMARTS) is 1. The van der Waals surface area contributed by atoms with Crippen LogP contribution in [-0.2, 0) is 27.3 Å². The van der Waals surface area contributed by atoms with Crippen LogP contribution in [0.4, 0.5) is 28.7 Å². The molecule has 3 heterocycles. The Morgan fingerprint density at radius 1 is 0.983 bits per heavy atom. The summed E-state index contributed by atoms with van der Waals surface area (Å²) in [5, 5.41) is 40.2. The molecule has 1 saturated heterocycles. The lowest BCUT2D eigenvalue weighted by Crippen LogP contribution is -2.48. The van der Waals surface area contributed by atoms with Crippen molar-refractivity contribution in [1.82, 2.24) is 10.3 Å². The molecule has 2 amide bonds. The molecule has 1 fully saturated rings. The van der Waals surface area contributed by atoms with Crippen LogP contribution in [0.25, 0.3) is 22.0 Å². The number of aromatic nitrogens is 1. The number of benzene rings is 3. The maximum Gasteiger partial charge on any atom is 0.430 e. The van der Waals surface area contributed by atoms with Gasteiger partial charge in [0, 0.05) is 54.2 Å². The fourth-order valence-corrected chi connectivity index (χ4v) is 7.25. The fourth-order valence-electron chi connectivity index (χ4n) is 6.36. The lowest BCUT2D eigenvalue weighted by molar-refractivity contribution is -0.896. The first-order chi connectivity index (χ1) is 27.5. The highest BCUT2D eigenvalue weighted by atomic mass is 32.1. The number of aliphatic carboxylic acids is 1. The number of alkyl halides is 3. The van der Waals surface area contributed by atoms with Crippen molar-refractivity contribution in [2.45, 2.75) is 50.6 Å². The average molecular weight is 824 g/mol. The number of carbonyl (C=O) groups is 3. The number of thiophene rings is 1. The molecule has 0 saturated carbocycles. The van der Waals surface area contributed by atoms with Gasteiger partial charge in [-0.2, -0.15) is 13.2 Å². The summed E-state index contributed by atoms with van der Waals surface area (Å²) in [6, 6.07) is 25.5. The van der Waals surface area contributed by atoms with Gasteiger partial charge < -0.3 is 45.0 Å². The fraction of sp³-hybridized carbons (Fsp3) is 0.317. The Morgan fingerprint density at radius 3 is 2.38 bits per heavy atom. The van der Waals surface area contributed by atoms with E-state index in [1.807, 2.05) is 60.7 Å². The number of aromatic hydroxyl groups is 1. The molecule has 0 unspecified atom stereocenters. The topological polar surface area (TPSA) is 193 Å². The molecular formula is C41H44F3N5O8S. The molecule has 2 aromatic heterocycles. The molecule has 6 N–H and O–H groups in total. The minimum absolute atomic E-state index is 0.0573. The summed E-state index contributed by atoms with van der Waals surface area (Å²) in [5.74, 6) is -3.19. The van der Waals surface area contributed by atoms with E-state index in [1.165, 1.54) is 23.5 Å². The summed E-state index contributed by atoms with van der Waals surface area (Å²) in [4.78, 5) is 50.0. The number of pyridine rings is 1. The molecule has 1 aliphatic rings. The minimum Gasteiger partial charge on any atom is -0.542 e. The molecule has 13 nitrogen and oxygen atoms in total. The molecule has 0 aliphatic carbocycles. The Labute approximate surface area is 335 Å². The second-order valence-electron chi connectivity index (χ2n) is 14.4. The quantitative estimate of drug-likeness (QED) is 0.0890. The molecule has 58 heavy (non-hydrogen) atoms. The summed E-state index contributed by atoms with van der Waals surface area (Å²) in [7, 11) is 4.38. The van der Waals surface area contributed by atoms with Gasteiger partial charge in [-0.15, -0.1) is 11.3 Å². The molecule has 308 valence electrons. The monoisotopic (exact) mass is 823 g/mol. The van der Waals surface area contributed by atoms with Gasteiger partial charge in [0.25, 0.3) is 0 Å². The molecule has 0 spiro atoms. The number of anilines is 2. The number of rotatable bonds is 12. The molecule has 1 aliphatic heterocycles. The predicted octanol–water partition coefficient (Wildman–Crippen LogP) is 5.44. The van der Waals surface area contributed by atoms with Crippen LogP contribution in [0.2, 0.25) is 0 Å². The van der Waals surface area contributed by atoms with Crippen molar-refractivity contribution in [2.24, 2.45) is 0 Å². The molecule has 1 atom stereocenters. The van der Waals surface area contributed by atoms with E-state index >= 15 is 0 Å². The molecule has 0 radical (unpaired) electrons. The number of hydrogen-bond acceptors (Lipinski definition) is 10. The number of aromatic amines is 1. The maximum absolute atomic E-state index is 13.0. The first-order valence-corrected chi connectivity index (χ1v) is 19.2. The molecule has 17 heteroatoms. The zero-order valence-corrected chi connectivity index (χ0v) is 32.5. The van der Waals surface area contributed by atoms with E-state index in [4.69, 9.17) is 14.6 Å². The van der Waals surface area contributed by atoms with Gasteiger partial charge in [0.2, 0.25) is 11.5 Å². The van der Waals surface area contributed by atoms with Gasteiger partial charge in [0.15, 0.2) is 0 Å². The van der Waals surface area contributed by atoms with Crippen LogP contribution >= 0.6 is 11.3 Å². The van der Waals surface area contributed by atoms with Gasteiger partial charge in [-0.1, -0.05) is 48.5 Å². The summed E-state index contributed by atoms with van der Waals surface area (Å²) in [6.07, 6.45) is -4.24. The van der Waals surface area contributed by atoms with Crippen molar-refractivity contribution in [2.75, 3.05) is 44.4 Å². The van der Waals surface area contributed by atoms with Gasteiger partial charge in [-0.3, -0.25) is 14.9 Å². The number of carboxylic acids is 1. The first kappa shape index (κ1) is 43.4. The zero-order chi connectivity index (χ0) is 42.0. The number of ether oxygens (including phenoxy) is 1. The number of phenolic OH excluding ortho intramolecular Hbond substituents is 1. The smallest absolute Gasteiger partial charge is 0.430 e. The summed E-state index contributed by atoms with van der Waals surface area (Å²) in [6.45, 7) is 2.65. The Kier molecular flexibility index (Phi) is 14.3. The van der Waals surface area contributed by atoms with Gasteiger partial charge >= 0.3 is 12.3 Å². The van der Waals surface area contributed by atoms with Crippen LogP contribution in [0.15, 0.2) is 89.7 Å². The van der Waals surface area contributed by atoms with E-state index in [-0.39, 0.29) is 41.8 Å². The third kappa shape index (κ3) is 12.4. The second kappa shape index (κ2) is 19.1. The second-order valence-corrected chi connectivity index (χ2v) is 15.6. The summed E-state index contributed by atoms with van der Waals surface area (Å²) in [5.41, 5.74) is 3.95. The Morgan fingerprint density at radius 2 is 1.69 bits per heavy atom. The summed E-state index contributed by atoms with van der Waals surface area (Å²) < 4.78 is 38.3. The number of phenols is 1. The number of nitrogens with one attached hydrogen (secondary N) is 4. The van der Waals surface area contributed by atoms with Gasteiger partial charge in [0.1, 0.15) is 17.8 Å². The predicted molar refractivity (Wildman–Crippen MR) is 212 cm³/mol. The Hall–Kier alpha value is -5.75. The number of hydrogen-bond donors (Lipinski definition) is 6. The molecule has 5 aromatic rings. The van der Waals surface area contributed by atoms with E-state index in [1.54, 1.807) is 12.1 Å². The van der Waals surface area contributed by atoms with E-state index in [0.717, 1.165) is 57.0 Å². The van der Waals surface area contributed by atoms with E-state index in [2.05, 4.69) is 35.0 Å². The Balaban J connectivity index is 0.000000839. The summed E-state index contributed by atoms with van der Waals surface area (Å²) >= 11 is 1.45. The number of nitrogens with zero attached hydrogens (tertiary/aromatic N) is 1. The molecule has 3 aromatic carbocycles. The van der Waals surface area contributed by atoms with Gasteiger partial charge in [0.05, 0.1) is 49.5 Å². The lowest BCUT2D eigenvalue weighted by Gasteiger charge is -2.36. The number of aryl methyl sites for hydroxylation is 1. The van der Waals surface area contributed by atoms with Crippen molar-refractivity contribution in [3.05, 3.63) is 111 Å². The Bertz CT molecular complexity index is 2270. The van der Waals surface area contributed by atoms with Crippen molar-refractivity contribution in [3.8, 4) is 16.9 Å². The van der Waals surface area contributed by atoms with Crippen LogP contribution in [0.3, 0.4) is 0 Å². The van der Waals surface area contributed by atoms with Gasteiger partial charge in [-0.05, 0) is 53.4 Å². The minimum atomic E-state index is -5.19. The molecule has 0 bridgehead atoms. The number of likely N-dealkylation sites (tertiary alicyclic amines) is 1. The third-order valence-corrected chi connectivity index (χ3v) is 10.5. The average Bonchev–Trinajstić information content (AvgIpc) is 3.62. The molecule has 6 rings (SSSR count). The standard InChI is InChI=1S/C39H43N5O6S.C2HF3O2/c1-44(2)20-18-27(19-21-44)50-39(49)41-32-22-25(8-11-29(32)26-6-4-3-5-7-26)9-15-35(47)42-37-17-10-28(51-37)23-40-24-34(46)30-12-14-33(45)38-31(30)13-16-36(48)43-38;3-2(4,5)1(6)7/h3-8,10-14,16-17,22,27,34,40,46H,9,15,18-21,23-24H2,1-2H3,(H3-,41,42,43,45,47,48,49);(H,6,7)/t34-;/m0./s1. The van der Waals surface area contributed by atoms with Gasteiger partial charge in [-0.25, -0.2) is 4.79 Å². The highest BCUT2D eigenvalue weighted by molar-refractivity contribution is 7.16. The number of carbonyl (C=O) groups excluding carboxylic acids is 3. The number of halogens is 3. The highest BCUT2D eigenvalue weighted by Gasteiger charge is 2.29. The molecular weight excluding hydrogens is 780 g/mol. The maximum atomic E-state index is 13.0. The number of aliphatic hydroxyl groups is 1. The van der Waals surface area contributed by atoms with Crippen LogP contribution in [0.5, 0.6) is 5.75 Å². The number of fused-ring (bicyclic) bond motifs is 1. The van der Waals surface area contributed by atoms with Crippen molar-refractivity contribution < 1.29 is 52.1 Å². The van der Waals surface area contributed by atoms with E-state index in [0.29, 0.717) is 29.6 Å². The van der Waals surface area contributed by atoms with Crippen LogP contribution in [-0.4, -0.2) is 83.7 Å².